The molecule has 0 heterocycles. The van der Waals surface area contributed by atoms with Gasteiger partial charge in [-0.2, -0.15) is 0 Å². The molecule has 0 aliphatic heterocycles. The fraction of sp³-hybridized carbons (Fsp3) is 0.633. The number of carbonyl (C=O) groups is 2. The number of allylic oxidation sites excluding steroid dienone is 16. The van der Waals surface area contributed by atoms with Crippen molar-refractivity contribution in [2.45, 2.75) is 187 Å². The Bertz CT molecular complexity index is 1070. The lowest BCUT2D eigenvalue weighted by atomic mass is 10.0. The van der Waals surface area contributed by atoms with Crippen LogP contribution in [0.25, 0.3) is 0 Å². The van der Waals surface area contributed by atoms with Gasteiger partial charge in [0.05, 0.1) is 6.61 Å². The van der Waals surface area contributed by atoms with E-state index in [1.807, 2.05) is 0 Å². The van der Waals surface area contributed by atoms with Crippen LogP contribution in [0.4, 0.5) is 0 Å². The molecule has 0 aromatic heterocycles. The number of ether oxygens (including phenoxy) is 2. The third-order valence-electron chi connectivity index (χ3n) is 8.87. The zero-order valence-corrected chi connectivity index (χ0v) is 34.7. The molecule has 5 nitrogen and oxygen atoms in total. The fourth-order valence-electron chi connectivity index (χ4n) is 5.65. The van der Waals surface area contributed by atoms with Gasteiger partial charge < -0.3 is 14.6 Å². The van der Waals surface area contributed by atoms with Crippen molar-refractivity contribution in [3.63, 3.8) is 0 Å². The van der Waals surface area contributed by atoms with Crippen molar-refractivity contribution >= 4 is 11.9 Å². The van der Waals surface area contributed by atoms with Gasteiger partial charge in [-0.05, 0) is 89.9 Å². The van der Waals surface area contributed by atoms with Crippen LogP contribution in [0, 0.1) is 0 Å². The van der Waals surface area contributed by atoms with Crippen molar-refractivity contribution in [2.24, 2.45) is 0 Å². The first-order valence-electron chi connectivity index (χ1n) is 21.8. The monoisotopic (exact) mass is 749 g/mol. The minimum absolute atomic E-state index is 0.0874. The normalized spacial score (nSPS) is 13.2. The van der Waals surface area contributed by atoms with Crippen LogP contribution >= 0.6 is 0 Å². The summed E-state index contributed by atoms with van der Waals surface area (Å²) in [6.45, 7) is 3.87. The average molecular weight is 749 g/mol. The van der Waals surface area contributed by atoms with Gasteiger partial charge in [-0.1, -0.05) is 175 Å². The maximum absolute atomic E-state index is 12.2. The molecular formula is C49H80O5. The topological polar surface area (TPSA) is 72.8 Å². The molecular weight excluding hydrogens is 669 g/mol. The van der Waals surface area contributed by atoms with Gasteiger partial charge >= 0.3 is 11.9 Å². The van der Waals surface area contributed by atoms with E-state index in [9.17, 15) is 14.7 Å². The largest absolute Gasteiger partial charge is 0.462 e. The molecule has 5 heteroatoms. The molecule has 0 aliphatic rings. The number of unbranched alkanes of at least 4 members (excludes halogenated alkanes) is 14. The predicted molar refractivity (Wildman–Crippen MR) is 232 cm³/mol. The van der Waals surface area contributed by atoms with Gasteiger partial charge in [0.2, 0.25) is 0 Å². The molecule has 0 spiro atoms. The third kappa shape index (κ3) is 41.6. The SMILES string of the molecule is CC/C=C\C/C=C\C/C=C\C/C=C\C/C=C\CCCCCCCCCCCCCC(=O)OC(CO)COC(=O)CCCCC/C=C\C/C=C\C/C=C\CC. The van der Waals surface area contributed by atoms with Crippen LogP contribution in [0.3, 0.4) is 0 Å². The summed E-state index contributed by atoms with van der Waals surface area (Å²) >= 11 is 0. The zero-order valence-electron chi connectivity index (χ0n) is 34.7. The molecule has 0 rings (SSSR count). The van der Waals surface area contributed by atoms with Gasteiger partial charge in [-0.3, -0.25) is 9.59 Å². The smallest absolute Gasteiger partial charge is 0.306 e. The maximum Gasteiger partial charge on any atom is 0.306 e. The predicted octanol–water partition coefficient (Wildman–Crippen LogP) is 14.1. The summed E-state index contributed by atoms with van der Waals surface area (Å²) in [6, 6.07) is 0. The average Bonchev–Trinajstić information content (AvgIpc) is 3.17. The minimum Gasteiger partial charge on any atom is -0.462 e. The number of rotatable bonds is 38. The van der Waals surface area contributed by atoms with E-state index >= 15 is 0 Å². The molecule has 0 aliphatic carbocycles. The first-order chi connectivity index (χ1) is 26.6. The lowest BCUT2D eigenvalue weighted by molar-refractivity contribution is -0.161. The van der Waals surface area contributed by atoms with Crippen molar-refractivity contribution in [1.82, 2.24) is 0 Å². The number of aliphatic hydroxyl groups is 1. The summed E-state index contributed by atoms with van der Waals surface area (Å²) in [6.07, 6.45) is 62.0. The molecule has 0 saturated heterocycles. The van der Waals surface area contributed by atoms with Crippen LogP contribution in [-0.2, 0) is 19.1 Å². The number of hydrogen-bond acceptors (Lipinski definition) is 5. The summed E-state index contributed by atoms with van der Waals surface area (Å²) in [5.41, 5.74) is 0. The Morgan fingerprint density at radius 3 is 1.13 bits per heavy atom. The number of hydrogen-bond donors (Lipinski definition) is 1. The lowest BCUT2D eigenvalue weighted by Gasteiger charge is -2.15. The van der Waals surface area contributed by atoms with Crippen LogP contribution in [0.15, 0.2) is 97.2 Å². The summed E-state index contributed by atoms with van der Waals surface area (Å²) < 4.78 is 10.6. The summed E-state index contributed by atoms with van der Waals surface area (Å²) in [4.78, 5) is 24.3. The highest BCUT2D eigenvalue weighted by Gasteiger charge is 2.16. The Morgan fingerprint density at radius 2 is 0.741 bits per heavy atom. The van der Waals surface area contributed by atoms with Crippen LogP contribution in [0.2, 0.25) is 0 Å². The van der Waals surface area contributed by atoms with E-state index in [1.165, 1.54) is 57.8 Å². The van der Waals surface area contributed by atoms with Gasteiger partial charge in [0.1, 0.15) is 6.61 Å². The summed E-state index contributed by atoms with van der Waals surface area (Å²) in [7, 11) is 0. The second-order valence-corrected chi connectivity index (χ2v) is 14.0. The lowest BCUT2D eigenvalue weighted by Crippen LogP contribution is -2.28. The number of aliphatic hydroxyl groups excluding tert-OH is 1. The Morgan fingerprint density at radius 1 is 0.426 bits per heavy atom. The van der Waals surface area contributed by atoms with Crippen LogP contribution in [0.1, 0.15) is 181 Å². The summed E-state index contributed by atoms with van der Waals surface area (Å²) in [5, 5.41) is 9.57. The highest BCUT2D eigenvalue weighted by atomic mass is 16.6. The second kappa shape index (κ2) is 44.2. The van der Waals surface area contributed by atoms with Crippen molar-refractivity contribution in [3.05, 3.63) is 97.2 Å². The standard InChI is InChI=1S/C49H80O5/c1-3-5-7-9-11-13-15-17-18-19-20-21-22-23-24-25-26-27-28-29-30-32-34-36-38-40-42-44-49(52)54-47(45-50)46-53-48(51)43-41-39-37-35-33-31-16-14-12-10-8-6-4-2/h5-8,11-14,17-18,20-21,23-24,31,33,47,50H,3-4,9-10,15-16,19,22,25-30,32,34-46H2,1-2H3/b7-5-,8-6-,13-11-,14-12-,18-17-,21-20-,24-23-,33-31-. The maximum atomic E-state index is 12.2. The molecule has 1 atom stereocenters. The van der Waals surface area contributed by atoms with Crippen LogP contribution in [0.5, 0.6) is 0 Å². The van der Waals surface area contributed by atoms with E-state index in [2.05, 4.69) is 111 Å². The van der Waals surface area contributed by atoms with E-state index in [1.54, 1.807) is 0 Å². The van der Waals surface area contributed by atoms with E-state index < -0.39 is 6.10 Å². The van der Waals surface area contributed by atoms with Crippen LogP contribution < -0.4 is 0 Å². The first kappa shape index (κ1) is 50.8. The molecule has 0 amide bonds. The number of carbonyl (C=O) groups excluding carboxylic acids is 2. The van der Waals surface area contributed by atoms with E-state index in [-0.39, 0.29) is 25.2 Å². The van der Waals surface area contributed by atoms with Gasteiger partial charge in [-0.25, -0.2) is 0 Å². The molecule has 0 radical (unpaired) electrons. The molecule has 1 N–H and O–H groups in total. The second-order valence-electron chi connectivity index (χ2n) is 14.0. The van der Waals surface area contributed by atoms with E-state index in [0.29, 0.717) is 12.8 Å². The Kier molecular flexibility index (Phi) is 41.6. The molecule has 306 valence electrons. The first-order valence-corrected chi connectivity index (χ1v) is 21.8. The van der Waals surface area contributed by atoms with Gasteiger partial charge in [0, 0.05) is 12.8 Å². The molecule has 0 aromatic carbocycles. The molecule has 0 saturated carbocycles. The molecule has 0 bridgehead atoms. The molecule has 54 heavy (non-hydrogen) atoms. The Labute approximate surface area is 332 Å². The summed E-state index contributed by atoms with van der Waals surface area (Å²) in [5.74, 6) is -0.636. The highest BCUT2D eigenvalue weighted by Crippen LogP contribution is 2.14. The van der Waals surface area contributed by atoms with Crippen LogP contribution in [-0.4, -0.2) is 36.4 Å². The third-order valence-corrected chi connectivity index (χ3v) is 8.87. The Balaban J connectivity index is 3.58. The fourth-order valence-corrected chi connectivity index (χ4v) is 5.65. The molecule has 0 fully saturated rings. The van der Waals surface area contributed by atoms with Gasteiger partial charge in [0.25, 0.3) is 0 Å². The minimum atomic E-state index is -0.790. The van der Waals surface area contributed by atoms with Crippen molar-refractivity contribution < 1.29 is 24.2 Å². The van der Waals surface area contributed by atoms with Gasteiger partial charge in [-0.15, -0.1) is 0 Å². The van der Waals surface area contributed by atoms with E-state index in [0.717, 1.165) is 96.3 Å². The zero-order chi connectivity index (χ0) is 39.3. The van der Waals surface area contributed by atoms with Crippen molar-refractivity contribution in [2.75, 3.05) is 13.2 Å². The Hall–Kier alpha value is -3.18. The highest BCUT2D eigenvalue weighted by molar-refractivity contribution is 5.70. The van der Waals surface area contributed by atoms with Crippen molar-refractivity contribution in [1.29, 1.82) is 0 Å². The quantitative estimate of drug-likeness (QED) is 0.0387. The van der Waals surface area contributed by atoms with Gasteiger partial charge in [0.15, 0.2) is 6.10 Å². The molecule has 1 unspecified atom stereocenters. The van der Waals surface area contributed by atoms with E-state index in [4.69, 9.17) is 9.47 Å². The van der Waals surface area contributed by atoms with Crippen molar-refractivity contribution in [3.8, 4) is 0 Å². The number of esters is 2. The molecule has 0 aromatic rings.